The van der Waals surface area contributed by atoms with Gasteiger partial charge in [-0.25, -0.2) is 0 Å². The minimum absolute atomic E-state index is 0.387. The van der Waals surface area contributed by atoms with E-state index in [1.807, 2.05) is 12.1 Å². The molecule has 3 rings (SSSR count). The van der Waals surface area contributed by atoms with Crippen molar-refractivity contribution in [3.05, 3.63) is 42.1 Å². The molecule has 2 aromatic rings. The van der Waals surface area contributed by atoms with Gasteiger partial charge in [0.25, 0.3) is 0 Å². The van der Waals surface area contributed by atoms with Crippen molar-refractivity contribution in [1.82, 2.24) is 15.1 Å². The molecule has 0 radical (unpaired) electrons. The molecule has 2 aromatic heterocycles. The van der Waals surface area contributed by atoms with Gasteiger partial charge in [-0.2, -0.15) is 5.10 Å². The number of nitrogens with one attached hydrogen (secondary N) is 1. The largest absolute Gasteiger partial charge is 0.469 e. The van der Waals surface area contributed by atoms with Crippen LogP contribution in [0.15, 0.2) is 35.1 Å². The van der Waals surface area contributed by atoms with E-state index >= 15 is 0 Å². The molecule has 1 atom stereocenters. The maximum absolute atomic E-state index is 5.37. The Balaban J connectivity index is 1.48. The zero-order valence-corrected chi connectivity index (χ0v) is 12.1. The molecule has 1 unspecified atom stereocenters. The highest BCUT2D eigenvalue weighted by Crippen LogP contribution is 2.28. The molecule has 4 heteroatoms. The molecule has 2 heterocycles. The van der Waals surface area contributed by atoms with Crippen LogP contribution in [0.25, 0.3) is 0 Å². The van der Waals surface area contributed by atoms with Crippen LogP contribution in [0, 0.1) is 0 Å². The van der Waals surface area contributed by atoms with Crippen LogP contribution >= 0.6 is 0 Å². The first-order valence-electron chi connectivity index (χ1n) is 7.61. The van der Waals surface area contributed by atoms with Gasteiger partial charge in [-0.05, 0) is 38.0 Å². The molecule has 0 aliphatic heterocycles. The number of nitrogens with zero attached hydrogens (tertiary/aromatic N) is 2. The van der Waals surface area contributed by atoms with Gasteiger partial charge in [0, 0.05) is 25.2 Å². The van der Waals surface area contributed by atoms with Gasteiger partial charge >= 0.3 is 0 Å². The highest BCUT2D eigenvalue weighted by Gasteiger charge is 2.17. The zero-order valence-electron chi connectivity index (χ0n) is 12.1. The van der Waals surface area contributed by atoms with Crippen LogP contribution < -0.4 is 5.32 Å². The minimum atomic E-state index is 0.387. The van der Waals surface area contributed by atoms with Crippen molar-refractivity contribution in [3.8, 4) is 0 Å². The van der Waals surface area contributed by atoms with E-state index in [0.29, 0.717) is 12.1 Å². The molecule has 4 nitrogen and oxygen atoms in total. The quantitative estimate of drug-likeness (QED) is 0.878. The molecule has 0 amide bonds. The van der Waals surface area contributed by atoms with E-state index in [0.717, 1.165) is 24.4 Å². The van der Waals surface area contributed by atoms with Crippen LogP contribution in [0.4, 0.5) is 0 Å². The summed E-state index contributed by atoms with van der Waals surface area (Å²) in [5, 5.41) is 8.20. The summed E-state index contributed by atoms with van der Waals surface area (Å²) in [6.45, 7) is 3.00. The van der Waals surface area contributed by atoms with Crippen LogP contribution in [-0.4, -0.2) is 15.8 Å². The van der Waals surface area contributed by atoms with Crippen molar-refractivity contribution < 1.29 is 4.42 Å². The summed E-state index contributed by atoms with van der Waals surface area (Å²) in [7, 11) is 0. The Labute approximate surface area is 120 Å². The number of aromatic nitrogens is 2. The van der Waals surface area contributed by atoms with Crippen LogP contribution in [0.5, 0.6) is 0 Å². The molecule has 0 aromatic carbocycles. The molecular weight excluding hydrogens is 250 g/mol. The lowest BCUT2D eigenvalue weighted by Gasteiger charge is -2.11. The predicted molar refractivity (Wildman–Crippen MR) is 78.4 cm³/mol. The number of rotatable bonds is 6. The summed E-state index contributed by atoms with van der Waals surface area (Å²) in [5.74, 6) is 1.03. The Hall–Kier alpha value is -1.55. The molecule has 1 aliphatic rings. The van der Waals surface area contributed by atoms with Crippen molar-refractivity contribution in [2.45, 2.75) is 57.7 Å². The molecule has 0 saturated heterocycles. The fraction of sp³-hybridized carbons (Fsp3) is 0.562. The lowest BCUT2D eigenvalue weighted by Crippen LogP contribution is -2.27. The average Bonchev–Trinajstić information content (AvgIpc) is 3.18. The first-order chi connectivity index (χ1) is 9.81. The van der Waals surface area contributed by atoms with Gasteiger partial charge in [-0.3, -0.25) is 4.68 Å². The zero-order chi connectivity index (χ0) is 13.8. The Kier molecular flexibility index (Phi) is 4.21. The first kappa shape index (κ1) is 13.4. The molecule has 1 fully saturated rings. The third-order valence-corrected chi connectivity index (χ3v) is 4.08. The van der Waals surface area contributed by atoms with E-state index in [1.165, 1.54) is 25.7 Å². The molecule has 108 valence electrons. The summed E-state index contributed by atoms with van der Waals surface area (Å²) in [4.78, 5) is 0. The van der Waals surface area contributed by atoms with Crippen molar-refractivity contribution in [2.75, 3.05) is 0 Å². The molecule has 1 aliphatic carbocycles. The number of hydrogen-bond acceptors (Lipinski definition) is 3. The van der Waals surface area contributed by atoms with Gasteiger partial charge in [-0.1, -0.05) is 12.8 Å². The molecule has 0 spiro atoms. The molecule has 20 heavy (non-hydrogen) atoms. The second-order valence-corrected chi connectivity index (χ2v) is 5.79. The minimum Gasteiger partial charge on any atom is -0.469 e. The third-order valence-electron chi connectivity index (χ3n) is 4.08. The van der Waals surface area contributed by atoms with Crippen LogP contribution in [0.1, 0.15) is 50.1 Å². The van der Waals surface area contributed by atoms with E-state index in [4.69, 9.17) is 9.52 Å². The SMILES string of the molecule is CC(Cc1ccco1)NCc1ccn(C2CCCC2)n1. The Bertz CT molecular complexity index is 512. The lowest BCUT2D eigenvalue weighted by atomic mass is 10.2. The second kappa shape index (κ2) is 6.27. The van der Waals surface area contributed by atoms with E-state index in [2.05, 4.69) is 29.2 Å². The van der Waals surface area contributed by atoms with Crippen molar-refractivity contribution in [2.24, 2.45) is 0 Å². The molecule has 1 N–H and O–H groups in total. The fourth-order valence-electron chi connectivity index (χ4n) is 2.93. The van der Waals surface area contributed by atoms with Crippen molar-refractivity contribution in [3.63, 3.8) is 0 Å². The van der Waals surface area contributed by atoms with E-state index in [9.17, 15) is 0 Å². The normalized spacial score (nSPS) is 17.6. The molecular formula is C16H23N3O. The first-order valence-corrected chi connectivity index (χ1v) is 7.61. The van der Waals surface area contributed by atoms with Gasteiger partial charge in [-0.15, -0.1) is 0 Å². The van der Waals surface area contributed by atoms with Gasteiger partial charge < -0.3 is 9.73 Å². The highest BCUT2D eigenvalue weighted by molar-refractivity contribution is 5.02. The van der Waals surface area contributed by atoms with E-state index < -0.39 is 0 Å². The smallest absolute Gasteiger partial charge is 0.105 e. The lowest BCUT2D eigenvalue weighted by molar-refractivity contribution is 0.444. The summed E-state index contributed by atoms with van der Waals surface area (Å²) in [5.41, 5.74) is 1.13. The van der Waals surface area contributed by atoms with Gasteiger partial charge in [0.05, 0.1) is 18.0 Å². The van der Waals surface area contributed by atoms with E-state index in [1.54, 1.807) is 6.26 Å². The fourth-order valence-corrected chi connectivity index (χ4v) is 2.93. The van der Waals surface area contributed by atoms with Crippen LogP contribution in [0.2, 0.25) is 0 Å². The molecule has 0 bridgehead atoms. The monoisotopic (exact) mass is 273 g/mol. The number of hydrogen-bond donors (Lipinski definition) is 1. The third kappa shape index (κ3) is 3.31. The Morgan fingerprint density at radius 1 is 1.40 bits per heavy atom. The van der Waals surface area contributed by atoms with Gasteiger partial charge in [0.2, 0.25) is 0 Å². The van der Waals surface area contributed by atoms with Crippen molar-refractivity contribution in [1.29, 1.82) is 0 Å². The summed E-state index contributed by atoms with van der Waals surface area (Å²) >= 11 is 0. The maximum Gasteiger partial charge on any atom is 0.105 e. The van der Waals surface area contributed by atoms with Crippen LogP contribution in [-0.2, 0) is 13.0 Å². The predicted octanol–water partition coefficient (Wildman–Crippen LogP) is 3.31. The Morgan fingerprint density at radius 2 is 2.25 bits per heavy atom. The molecule has 1 saturated carbocycles. The van der Waals surface area contributed by atoms with E-state index in [-0.39, 0.29) is 0 Å². The topological polar surface area (TPSA) is 43.0 Å². The van der Waals surface area contributed by atoms with Gasteiger partial charge in [0.1, 0.15) is 5.76 Å². The van der Waals surface area contributed by atoms with Crippen LogP contribution in [0.3, 0.4) is 0 Å². The van der Waals surface area contributed by atoms with Crippen molar-refractivity contribution >= 4 is 0 Å². The maximum atomic E-state index is 5.37. The summed E-state index contributed by atoms with van der Waals surface area (Å²) in [6.07, 6.45) is 10.0. The number of furan rings is 1. The summed E-state index contributed by atoms with van der Waals surface area (Å²) < 4.78 is 7.52. The van der Waals surface area contributed by atoms with Gasteiger partial charge in [0.15, 0.2) is 0 Å². The summed E-state index contributed by atoms with van der Waals surface area (Å²) in [6, 6.07) is 7.10. The highest BCUT2D eigenvalue weighted by atomic mass is 16.3. The Morgan fingerprint density at radius 3 is 3.00 bits per heavy atom. The standard InChI is InChI=1S/C16H23N3O/c1-13(11-16-7-4-10-20-16)17-12-14-8-9-19(18-14)15-5-2-3-6-15/h4,7-10,13,15,17H,2-3,5-6,11-12H2,1H3. The second-order valence-electron chi connectivity index (χ2n) is 5.79. The average molecular weight is 273 g/mol.